The quantitative estimate of drug-likeness (QED) is 0.915. The molecule has 0 saturated carbocycles. The van der Waals surface area contributed by atoms with Crippen molar-refractivity contribution in [1.29, 1.82) is 0 Å². The number of hydrogen-bond acceptors (Lipinski definition) is 2. The van der Waals surface area contributed by atoms with E-state index in [2.05, 4.69) is 0 Å². The van der Waals surface area contributed by atoms with E-state index in [0.29, 0.717) is 12.0 Å². The van der Waals surface area contributed by atoms with Gasteiger partial charge in [-0.25, -0.2) is 0 Å². The van der Waals surface area contributed by atoms with Crippen LogP contribution in [0.25, 0.3) is 0 Å². The molecule has 2 aromatic carbocycles. The average molecular weight is 280 g/mol. The van der Waals surface area contributed by atoms with Gasteiger partial charge in [0.15, 0.2) is 0 Å². The maximum absolute atomic E-state index is 12.8. The second-order valence-electron chi connectivity index (χ2n) is 5.30. The molecule has 4 heteroatoms. The Kier molecular flexibility index (Phi) is 3.22. The summed E-state index contributed by atoms with van der Waals surface area (Å²) < 4.78 is 0. The van der Waals surface area contributed by atoms with Crippen molar-refractivity contribution < 1.29 is 9.59 Å². The molecule has 1 aliphatic rings. The predicted octanol–water partition coefficient (Wildman–Crippen LogP) is 2.05. The van der Waals surface area contributed by atoms with Gasteiger partial charge in [-0.3, -0.25) is 14.5 Å². The van der Waals surface area contributed by atoms with Gasteiger partial charge in [0.2, 0.25) is 5.91 Å². The molecule has 2 N–H and O–H groups in total. The highest BCUT2D eigenvalue weighted by atomic mass is 16.2. The molecule has 3 rings (SSSR count). The Morgan fingerprint density at radius 2 is 1.90 bits per heavy atom. The number of primary amides is 1. The van der Waals surface area contributed by atoms with Gasteiger partial charge in [-0.15, -0.1) is 0 Å². The van der Waals surface area contributed by atoms with Gasteiger partial charge in [0.25, 0.3) is 5.91 Å². The molecule has 0 saturated heterocycles. The summed E-state index contributed by atoms with van der Waals surface area (Å²) in [5.41, 5.74) is 8.80. The van der Waals surface area contributed by atoms with E-state index in [0.717, 1.165) is 16.8 Å². The van der Waals surface area contributed by atoms with Gasteiger partial charge in [0.1, 0.15) is 6.04 Å². The minimum absolute atomic E-state index is 0.188. The van der Waals surface area contributed by atoms with Gasteiger partial charge in [-0.2, -0.15) is 0 Å². The summed E-state index contributed by atoms with van der Waals surface area (Å²) >= 11 is 0. The minimum atomic E-state index is -0.615. The lowest BCUT2D eigenvalue weighted by molar-refractivity contribution is -0.119. The highest BCUT2D eigenvalue weighted by molar-refractivity contribution is 6.11. The van der Waals surface area contributed by atoms with E-state index in [-0.39, 0.29) is 5.91 Å². The van der Waals surface area contributed by atoms with Crippen molar-refractivity contribution in [3.8, 4) is 0 Å². The first-order valence-electron chi connectivity index (χ1n) is 6.85. The average Bonchev–Trinajstić information content (AvgIpc) is 2.86. The fourth-order valence-electron chi connectivity index (χ4n) is 2.78. The van der Waals surface area contributed by atoms with Gasteiger partial charge in [0, 0.05) is 17.7 Å². The third-order valence-corrected chi connectivity index (χ3v) is 3.79. The first-order valence-corrected chi connectivity index (χ1v) is 6.85. The van der Waals surface area contributed by atoms with E-state index in [4.69, 9.17) is 5.73 Å². The predicted molar refractivity (Wildman–Crippen MR) is 81.1 cm³/mol. The molecule has 2 amide bonds. The molecule has 1 atom stereocenters. The summed E-state index contributed by atoms with van der Waals surface area (Å²) in [5.74, 6) is -0.667. The molecule has 0 bridgehead atoms. The van der Waals surface area contributed by atoms with Crippen LogP contribution in [0.2, 0.25) is 0 Å². The van der Waals surface area contributed by atoms with Crippen molar-refractivity contribution in [3.05, 3.63) is 65.2 Å². The SMILES string of the molecule is Cc1cccc(C(=O)N2c3ccccc3C[C@H]2C(N)=O)c1. The topological polar surface area (TPSA) is 63.4 Å². The Balaban J connectivity index is 2.05. The summed E-state index contributed by atoms with van der Waals surface area (Å²) in [4.78, 5) is 26.0. The van der Waals surface area contributed by atoms with Crippen LogP contribution in [0.4, 0.5) is 5.69 Å². The first-order chi connectivity index (χ1) is 10.1. The number of aryl methyl sites for hydroxylation is 1. The zero-order valence-corrected chi connectivity index (χ0v) is 11.7. The number of fused-ring (bicyclic) bond motifs is 1. The van der Waals surface area contributed by atoms with Crippen LogP contribution < -0.4 is 10.6 Å². The zero-order valence-electron chi connectivity index (χ0n) is 11.7. The first kappa shape index (κ1) is 13.4. The highest BCUT2D eigenvalue weighted by Crippen LogP contribution is 2.33. The molecule has 0 radical (unpaired) electrons. The summed E-state index contributed by atoms with van der Waals surface area (Å²) in [7, 11) is 0. The summed E-state index contributed by atoms with van der Waals surface area (Å²) in [5, 5.41) is 0. The van der Waals surface area contributed by atoms with E-state index < -0.39 is 11.9 Å². The molecule has 0 spiro atoms. The fraction of sp³-hybridized carbons (Fsp3) is 0.176. The Morgan fingerprint density at radius 3 is 2.62 bits per heavy atom. The van der Waals surface area contributed by atoms with Crippen LogP contribution >= 0.6 is 0 Å². The minimum Gasteiger partial charge on any atom is -0.368 e. The number of carbonyl (C=O) groups excluding carboxylic acids is 2. The van der Waals surface area contributed by atoms with Crippen LogP contribution in [0.5, 0.6) is 0 Å². The number of para-hydroxylation sites is 1. The second-order valence-corrected chi connectivity index (χ2v) is 5.30. The second kappa shape index (κ2) is 5.05. The number of anilines is 1. The Labute approximate surface area is 123 Å². The zero-order chi connectivity index (χ0) is 15.0. The molecular weight excluding hydrogens is 264 g/mol. The van der Waals surface area contributed by atoms with Crippen LogP contribution in [0.3, 0.4) is 0 Å². The van der Waals surface area contributed by atoms with Gasteiger partial charge in [-0.1, -0.05) is 35.9 Å². The van der Waals surface area contributed by atoms with Crippen LogP contribution in [0.1, 0.15) is 21.5 Å². The number of nitrogens with zero attached hydrogens (tertiary/aromatic N) is 1. The monoisotopic (exact) mass is 280 g/mol. The Bertz CT molecular complexity index is 724. The lowest BCUT2D eigenvalue weighted by Gasteiger charge is -2.23. The van der Waals surface area contributed by atoms with Crippen LogP contribution in [-0.4, -0.2) is 17.9 Å². The summed E-state index contributed by atoms with van der Waals surface area (Å²) in [6.07, 6.45) is 0.475. The van der Waals surface area contributed by atoms with Crippen LogP contribution in [-0.2, 0) is 11.2 Å². The maximum atomic E-state index is 12.8. The van der Waals surface area contributed by atoms with E-state index in [9.17, 15) is 9.59 Å². The van der Waals surface area contributed by atoms with Crippen LogP contribution in [0, 0.1) is 6.92 Å². The number of carbonyl (C=O) groups is 2. The van der Waals surface area contributed by atoms with Gasteiger partial charge in [-0.05, 0) is 30.7 Å². The van der Waals surface area contributed by atoms with Gasteiger partial charge >= 0.3 is 0 Å². The summed E-state index contributed by atoms with van der Waals surface area (Å²) in [6.45, 7) is 1.93. The molecule has 0 unspecified atom stereocenters. The van der Waals surface area contributed by atoms with Crippen molar-refractivity contribution >= 4 is 17.5 Å². The van der Waals surface area contributed by atoms with Crippen molar-refractivity contribution in [2.24, 2.45) is 5.73 Å². The largest absolute Gasteiger partial charge is 0.368 e. The van der Waals surface area contributed by atoms with E-state index in [1.54, 1.807) is 6.07 Å². The third kappa shape index (κ3) is 2.29. The third-order valence-electron chi connectivity index (χ3n) is 3.79. The molecule has 1 aliphatic heterocycles. The number of nitrogens with two attached hydrogens (primary N) is 1. The van der Waals surface area contributed by atoms with Gasteiger partial charge in [0.05, 0.1) is 0 Å². The molecule has 106 valence electrons. The fourth-order valence-corrected chi connectivity index (χ4v) is 2.78. The Morgan fingerprint density at radius 1 is 1.14 bits per heavy atom. The number of hydrogen-bond donors (Lipinski definition) is 1. The molecular formula is C17H16N2O2. The molecule has 0 aromatic heterocycles. The Hall–Kier alpha value is -2.62. The van der Waals surface area contributed by atoms with Crippen molar-refractivity contribution in [2.75, 3.05) is 4.90 Å². The maximum Gasteiger partial charge on any atom is 0.259 e. The molecule has 0 aliphatic carbocycles. The van der Waals surface area contributed by atoms with E-state index in [1.807, 2.05) is 49.4 Å². The lowest BCUT2D eigenvalue weighted by Crippen LogP contribution is -2.46. The smallest absolute Gasteiger partial charge is 0.259 e. The van der Waals surface area contributed by atoms with Crippen molar-refractivity contribution in [1.82, 2.24) is 0 Å². The molecule has 1 heterocycles. The standard InChI is InChI=1S/C17H16N2O2/c1-11-5-4-7-13(9-11)17(21)19-14-8-3-2-6-12(14)10-15(19)16(18)20/h2-9,15H,10H2,1H3,(H2,18,20)/t15-/m0/s1. The summed E-state index contributed by atoms with van der Waals surface area (Å²) in [6, 6.07) is 14.3. The van der Waals surface area contributed by atoms with E-state index >= 15 is 0 Å². The molecule has 4 nitrogen and oxygen atoms in total. The highest BCUT2D eigenvalue weighted by Gasteiger charge is 2.37. The molecule has 2 aromatic rings. The molecule has 0 fully saturated rings. The normalized spacial score (nSPS) is 16.6. The van der Waals surface area contributed by atoms with Crippen LogP contribution in [0.15, 0.2) is 48.5 Å². The molecule has 21 heavy (non-hydrogen) atoms. The van der Waals surface area contributed by atoms with Crippen molar-refractivity contribution in [2.45, 2.75) is 19.4 Å². The van der Waals surface area contributed by atoms with Crippen molar-refractivity contribution in [3.63, 3.8) is 0 Å². The lowest BCUT2D eigenvalue weighted by atomic mass is 10.1. The number of rotatable bonds is 2. The van der Waals surface area contributed by atoms with Gasteiger partial charge < -0.3 is 5.73 Å². The number of benzene rings is 2. The van der Waals surface area contributed by atoms with E-state index in [1.165, 1.54) is 4.90 Å². The number of amides is 2.